The molecule has 0 aliphatic carbocycles. The number of carbonyl (C=O) groups is 2. The fraction of sp³-hybridized carbons (Fsp3) is 0.308. The van der Waals surface area contributed by atoms with Crippen LogP contribution >= 0.6 is 0 Å². The number of ether oxygens (including phenoxy) is 2. The molecule has 4 rings (SSSR count). The van der Waals surface area contributed by atoms with Gasteiger partial charge in [0.05, 0.1) is 33.1 Å². The van der Waals surface area contributed by atoms with Crippen LogP contribution in [-0.2, 0) is 17.8 Å². The van der Waals surface area contributed by atoms with E-state index >= 15 is 0 Å². The molecule has 3 amide bonds. The van der Waals surface area contributed by atoms with Crippen LogP contribution in [0.2, 0.25) is 0 Å². The number of halogens is 1. The number of methoxy groups -OCH3 is 2. The average molecular weight is 482 g/mol. The predicted octanol–water partition coefficient (Wildman–Crippen LogP) is 3.80. The van der Waals surface area contributed by atoms with E-state index in [2.05, 4.69) is 10.6 Å². The highest BCUT2D eigenvalue weighted by molar-refractivity contribution is 5.79. The van der Waals surface area contributed by atoms with E-state index in [4.69, 9.17) is 13.9 Å². The SMILES string of the molecule is COc1cc2c(cc1OC)[C@H](c1ccc(F)cc1)N(C(=O)NCCC(=O)NCc1ccco1)CC2. The number of rotatable bonds is 8. The molecule has 3 aromatic rings. The van der Waals surface area contributed by atoms with Crippen molar-refractivity contribution in [3.63, 3.8) is 0 Å². The summed E-state index contributed by atoms with van der Waals surface area (Å²) >= 11 is 0. The first-order chi connectivity index (χ1) is 17.0. The summed E-state index contributed by atoms with van der Waals surface area (Å²) in [5.41, 5.74) is 2.68. The van der Waals surface area contributed by atoms with Crippen molar-refractivity contribution >= 4 is 11.9 Å². The van der Waals surface area contributed by atoms with E-state index in [0.29, 0.717) is 36.8 Å². The van der Waals surface area contributed by atoms with E-state index in [1.165, 1.54) is 12.1 Å². The normalized spacial score (nSPS) is 14.7. The number of furan rings is 1. The Kier molecular flexibility index (Phi) is 7.54. The van der Waals surface area contributed by atoms with E-state index in [0.717, 1.165) is 16.7 Å². The first-order valence-corrected chi connectivity index (χ1v) is 11.3. The number of fused-ring (bicyclic) bond motifs is 1. The molecule has 2 heterocycles. The van der Waals surface area contributed by atoms with Gasteiger partial charge in [-0.2, -0.15) is 0 Å². The van der Waals surface area contributed by atoms with Gasteiger partial charge in [0.2, 0.25) is 5.91 Å². The van der Waals surface area contributed by atoms with Gasteiger partial charge in [-0.25, -0.2) is 9.18 Å². The van der Waals surface area contributed by atoms with Crippen LogP contribution < -0.4 is 20.1 Å². The summed E-state index contributed by atoms with van der Waals surface area (Å²) in [6, 6.07) is 12.7. The van der Waals surface area contributed by atoms with Crippen molar-refractivity contribution in [2.24, 2.45) is 0 Å². The van der Waals surface area contributed by atoms with Crippen molar-refractivity contribution < 1.29 is 27.9 Å². The third kappa shape index (κ3) is 5.56. The van der Waals surface area contributed by atoms with Crippen LogP contribution in [0, 0.1) is 5.82 Å². The number of benzene rings is 2. The highest BCUT2D eigenvalue weighted by atomic mass is 19.1. The second-order valence-corrected chi connectivity index (χ2v) is 8.14. The zero-order valence-corrected chi connectivity index (χ0v) is 19.7. The second-order valence-electron chi connectivity index (χ2n) is 8.14. The molecule has 0 radical (unpaired) electrons. The Hall–Kier alpha value is -4.01. The lowest BCUT2D eigenvalue weighted by atomic mass is 9.88. The molecule has 0 bridgehead atoms. The highest BCUT2D eigenvalue weighted by Crippen LogP contribution is 2.41. The van der Waals surface area contributed by atoms with Crippen molar-refractivity contribution in [1.29, 1.82) is 0 Å². The molecule has 35 heavy (non-hydrogen) atoms. The van der Waals surface area contributed by atoms with Crippen LogP contribution in [0.5, 0.6) is 11.5 Å². The molecule has 1 aromatic heterocycles. The van der Waals surface area contributed by atoms with Gasteiger partial charge in [0, 0.05) is 19.5 Å². The Bertz CT molecular complexity index is 1160. The maximum atomic E-state index is 13.6. The highest BCUT2D eigenvalue weighted by Gasteiger charge is 2.33. The number of amides is 3. The predicted molar refractivity (Wildman–Crippen MR) is 127 cm³/mol. The lowest BCUT2D eigenvalue weighted by molar-refractivity contribution is -0.121. The number of nitrogens with one attached hydrogen (secondary N) is 2. The van der Waals surface area contributed by atoms with Crippen molar-refractivity contribution in [2.45, 2.75) is 25.4 Å². The topological polar surface area (TPSA) is 93.0 Å². The number of carbonyl (C=O) groups excluding carboxylic acids is 2. The minimum Gasteiger partial charge on any atom is -0.493 e. The maximum absolute atomic E-state index is 13.6. The number of hydrogen-bond donors (Lipinski definition) is 2. The molecule has 0 saturated carbocycles. The van der Waals surface area contributed by atoms with Gasteiger partial charge in [-0.15, -0.1) is 0 Å². The molecule has 0 spiro atoms. The standard InChI is InChI=1S/C26H28FN3O5/c1-33-22-14-18-10-12-30(26(32)28-11-9-24(31)29-16-20-4-3-13-35-20)25(21(18)15-23(22)34-2)17-5-7-19(27)8-6-17/h3-8,13-15,25H,9-12,16H2,1-2H3,(H,28,32)(H,29,31)/t25-/m0/s1. The van der Waals surface area contributed by atoms with E-state index < -0.39 is 6.04 Å². The summed E-state index contributed by atoms with van der Waals surface area (Å²) in [5, 5.41) is 5.60. The number of nitrogens with zero attached hydrogens (tertiary/aromatic N) is 1. The van der Waals surface area contributed by atoms with E-state index in [1.54, 1.807) is 49.6 Å². The second kappa shape index (κ2) is 10.9. The molecule has 0 fully saturated rings. The molecule has 2 N–H and O–H groups in total. The van der Waals surface area contributed by atoms with Crippen LogP contribution in [0.1, 0.15) is 34.9 Å². The minimum absolute atomic E-state index is 0.128. The summed E-state index contributed by atoms with van der Waals surface area (Å²) in [7, 11) is 3.14. The van der Waals surface area contributed by atoms with Gasteiger partial charge >= 0.3 is 6.03 Å². The molecule has 2 aromatic carbocycles. The molecule has 1 atom stereocenters. The summed E-state index contributed by atoms with van der Waals surface area (Å²) in [5.74, 6) is 1.27. The summed E-state index contributed by atoms with van der Waals surface area (Å²) < 4.78 is 29.8. The van der Waals surface area contributed by atoms with Gasteiger partial charge in [-0.3, -0.25) is 4.79 Å². The fourth-order valence-electron chi connectivity index (χ4n) is 4.24. The first-order valence-electron chi connectivity index (χ1n) is 11.3. The minimum atomic E-state index is -0.452. The molecule has 9 heteroatoms. The molecule has 1 aliphatic rings. The van der Waals surface area contributed by atoms with Gasteiger partial charge in [-0.1, -0.05) is 12.1 Å². The summed E-state index contributed by atoms with van der Waals surface area (Å²) in [4.78, 5) is 27.0. The van der Waals surface area contributed by atoms with Crippen LogP contribution in [0.15, 0.2) is 59.2 Å². The van der Waals surface area contributed by atoms with Gasteiger partial charge in [0.25, 0.3) is 0 Å². The third-order valence-corrected chi connectivity index (χ3v) is 5.99. The number of urea groups is 1. The fourth-order valence-corrected chi connectivity index (χ4v) is 4.24. The van der Waals surface area contributed by atoms with Crippen LogP contribution in [0.3, 0.4) is 0 Å². The third-order valence-electron chi connectivity index (χ3n) is 5.99. The zero-order valence-electron chi connectivity index (χ0n) is 19.7. The summed E-state index contributed by atoms with van der Waals surface area (Å²) in [6.07, 6.45) is 2.29. The quantitative estimate of drug-likeness (QED) is 0.511. The largest absolute Gasteiger partial charge is 0.493 e. The van der Waals surface area contributed by atoms with Crippen molar-refractivity contribution in [1.82, 2.24) is 15.5 Å². The monoisotopic (exact) mass is 481 g/mol. The Labute approximate surface area is 203 Å². The van der Waals surface area contributed by atoms with Gasteiger partial charge < -0.3 is 29.4 Å². The zero-order chi connectivity index (χ0) is 24.8. The molecule has 0 saturated heterocycles. The van der Waals surface area contributed by atoms with Crippen molar-refractivity contribution in [3.8, 4) is 11.5 Å². The van der Waals surface area contributed by atoms with E-state index in [9.17, 15) is 14.0 Å². The average Bonchev–Trinajstić information content (AvgIpc) is 3.40. The number of hydrogen-bond acceptors (Lipinski definition) is 5. The van der Waals surface area contributed by atoms with Crippen molar-refractivity contribution in [2.75, 3.05) is 27.3 Å². The van der Waals surface area contributed by atoms with Crippen LogP contribution in [0.4, 0.5) is 9.18 Å². The molecular formula is C26H28FN3O5. The lowest BCUT2D eigenvalue weighted by Gasteiger charge is -2.38. The van der Waals surface area contributed by atoms with Gasteiger partial charge in [0.15, 0.2) is 11.5 Å². The molecule has 0 unspecified atom stereocenters. The van der Waals surface area contributed by atoms with Crippen LogP contribution in [-0.4, -0.2) is 44.1 Å². The Morgan fingerprint density at radius 2 is 1.83 bits per heavy atom. The molecule has 184 valence electrons. The Morgan fingerprint density at radius 1 is 1.09 bits per heavy atom. The Balaban J connectivity index is 1.49. The van der Waals surface area contributed by atoms with Crippen LogP contribution in [0.25, 0.3) is 0 Å². The first kappa shape index (κ1) is 24.1. The van der Waals surface area contributed by atoms with Gasteiger partial charge in [-0.05, 0) is 59.5 Å². The maximum Gasteiger partial charge on any atom is 0.318 e. The molecule has 8 nitrogen and oxygen atoms in total. The molecule has 1 aliphatic heterocycles. The lowest BCUT2D eigenvalue weighted by Crippen LogP contribution is -2.46. The van der Waals surface area contributed by atoms with E-state index in [1.807, 2.05) is 12.1 Å². The Morgan fingerprint density at radius 3 is 2.51 bits per heavy atom. The van der Waals surface area contributed by atoms with Crippen molar-refractivity contribution in [3.05, 3.63) is 83.1 Å². The summed E-state index contributed by atoms with van der Waals surface area (Å²) in [6.45, 7) is 0.913. The molecular weight excluding hydrogens is 453 g/mol. The van der Waals surface area contributed by atoms with Gasteiger partial charge in [0.1, 0.15) is 11.6 Å². The van der Waals surface area contributed by atoms with E-state index in [-0.39, 0.29) is 30.7 Å². The smallest absolute Gasteiger partial charge is 0.318 e.